The topological polar surface area (TPSA) is 77.9 Å². The van der Waals surface area contributed by atoms with Gasteiger partial charge in [0, 0.05) is 29.7 Å². The summed E-state index contributed by atoms with van der Waals surface area (Å²) in [6.45, 7) is 2.53. The number of halogens is 1. The van der Waals surface area contributed by atoms with Crippen molar-refractivity contribution in [2.75, 3.05) is 6.54 Å². The van der Waals surface area contributed by atoms with Crippen LogP contribution < -0.4 is 10.1 Å². The van der Waals surface area contributed by atoms with Crippen LogP contribution in [0.15, 0.2) is 48.7 Å². The highest BCUT2D eigenvalue weighted by molar-refractivity contribution is 6.31. The lowest BCUT2D eigenvalue weighted by Crippen LogP contribution is -2.39. The van der Waals surface area contributed by atoms with Gasteiger partial charge in [-0.25, -0.2) is 0 Å². The van der Waals surface area contributed by atoms with E-state index < -0.39 is 6.10 Å². The summed E-state index contributed by atoms with van der Waals surface area (Å²) in [6.07, 6.45) is 3.52. The van der Waals surface area contributed by atoms with Gasteiger partial charge in [0.1, 0.15) is 11.8 Å². The van der Waals surface area contributed by atoms with Gasteiger partial charge in [0.05, 0.1) is 10.6 Å². The first-order valence-corrected chi connectivity index (χ1v) is 9.69. The van der Waals surface area contributed by atoms with Crippen molar-refractivity contribution in [1.29, 1.82) is 5.26 Å². The molecule has 0 radical (unpaired) electrons. The first kappa shape index (κ1) is 19.8. The maximum absolute atomic E-state index is 12.6. The van der Waals surface area contributed by atoms with Crippen LogP contribution in [0.25, 0.3) is 10.9 Å². The molecule has 1 heterocycles. The number of benzene rings is 2. The minimum Gasteiger partial charge on any atom is -0.481 e. The fourth-order valence-electron chi connectivity index (χ4n) is 3.10. The quantitative estimate of drug-likeness (QED) is 0.585. The van der Waals surface area contributed by atoms with Crippen molar-refractivity contribution in [3.63, 3.8) is 0 Å². The largest absolute Gasteiger partial charge is 0.481 e. The monoisotopic (exact) mass is 395 g/mol. The van der Waals surface area contributed by atoms with Crippen molar-refractivity contribution >= 4 is 28.4 Å². The molecule has 5 nitrogen and oxygen atoms in total. The van der Waals surface area contributed by atoms with E-state index in [1.165, 1.54) is 10.9 Å². The Balaban J connectivity index is 1.60. The molecule has 3 aromatic rings. The molecule has 0 bridgehead atoms. The third-order valence-corrected chi connectivity index (χ3v) is 4.86. The van der Waals surface area contributed by atoms with E-state index in [0.717, 1.165) is 18.4 Å². The van der Waals surface area contributed by atoms with Gasteiger partial charge in [-0.15, -0.1) is 0 Å². The summed E-state index contributed by atoms with van der Waals surface area (Å²) in [6, 6.07) is 14.9. The van der Waals surface area contributed by atoms with Crippen LogP contribution in [-0.4, -0.2) is 23.5 Å². The normalized spacial score (nSPS) is 11.8. The van der Waals surface area contributed by atoms with E-state index >= 15 is 0 Å². The maximum Gasteiger partial charge on any atom is 0.261 e. The van der Waals surface area contributed by atoms with Crippen molar-refractivity contribution in [2.45, 2.75) is 32.3 Å². The molecule has 28 heavy (non-hydrogen) atoms. The number of rotatable bonds is 8. The summed E-state index contributed by atoms with van der Waals surface area (Å²) in [5, 5.41) is 13.4. The number of para-hydroxylation sites is 1. The van der Waals surface area contributed by atoms with Gasteiger partial charge in [-0.1, -0.05) is 43.1 Å². The highest BCUT2D eigenvalue weighted by Gasteiger charge is 2.19. The van der Waals surface area contributed by atoms with E-state index in [9.17, 15) is 4.79 Å². The molecule has 144 valence electrons. The molecule has 2 N–H and O–H groups in total. The molecule has 2 aromatic carbocycles. The second-order valence-electron chi connectivity index (χ2n) is 6.55. The Morgan fingerprint density at radius 1 is 1.32 bits per heavy atom. The molecule has 6 heteroatoms. The zero-order valence-electron chi connectivity index (χ0n) is 15.7. The SMILES string of the molecule is CCCC(Oc1ccc(C#N)c(Cl)c1)C(=O)NCCc1c[nH]c2ccccc12. The van der Waals surface area contributed by atoms with Crippen molar-refractivity contribution in [1.82, 2.24) is 10.3 Å². The zero-order valence-corrected chi connectivity index (χ0v) is 16.4. The third-order valence-electron chi connectivity index (χ3n) is 4.55. The maximum atomic E-state index is 12.6. The predicted molar refractivity (Wildman–Crippen MR) is 111 cm³/mol. The molecule has 0 fully saturated rings. The number of hydrogen-bond donors (Lipinski definition) is 2. The molecule has 0 saturated heterocycles. The van der Waals surface area contributed by atoms with Gasteiger partial charge in [-0.05, 0) is 36.6 Å². The molecule has 1 amide bonds. The van der Waals surface area contributed by atoms with E-state index in [-0.39, 0.29) is 5.91 Å². The average molecular weight is 396 g/mol. The van der Waals surface area contributed by atoms with Crippen LogP contribution in [-0.2, 0) is 11.2 Å². The second-order valence-corrected chi connectivity index (χ2v) is 6.96. The van der Waals surface area contributed by atoms with Gasteiger partial charge in [0.15, 0.2) is 6.10 Å². The summed E-state index contributed by atoms with van der Waals surface area (Å²) in [7, 11) is 0. The highest BCUT2D eigenvalue weighted by atomic mass is 35.5. The molecule has 3 rings (SSSR count). The van der Waals surface area contributed by atoms with Crippen LogP contribution in [0.3, 0.4) is 0 Å². The Labute approximate surface area is 169 Å². The summed E-state index contributed by atoms with van der Waals surface area (Å²) >= 11 is 6.05. The minimum atomic E-state index is -0.600. The number of aromatic nitrogens is 1. The number of ether oxygens (including phenoxy) is 1. The number of fused-ring (bicyclic) bond motifs is 1. The number of nitrogens with zero attached hydrogens (tertiary/aromatic N) is 1. The molecule has 0 aliphatic rings. The van der Waals surface area contributed by atoms with Crippen LogP contribution in [0.4, 0.5) is 0 Å². The Kier molecular flexibility index (Phi) is 6.57. The lowest BCUT2D eigenvalue weighted by Gasteiger charge is -2.18. The molecule has 0 aliphatic heterocycles. The molecule has 0 aliphatic carbocycles. The molecule has 1 unspecified atom stereocenters. The number of H-pyrrole nitrogens is 1. The molecule has 0 saturated carbocycles. The van der Waals surface area contributed by atoms with E-state index in [2.05, 4.69) is 16.4 Å². The molecule has 1 atom stereocenters. The van der Waals surface area contributed by atoms with E-state index in [0.29, 0.717) is 29.3 Å². The number of amides is 1. The Morgan fingerprint density at radius 2 is 2.14 bits per heavy atom. The number of nitriles is 1. The summed E-state index contributed by atoms with van der Waals surface area (Å²) in [5.41, 5.74) is 2.64. The second kappa shape index (κ2) is 9.29. The highest BCUT2D eigenvalue weighted by Crippen LogP contribution is 2.23. The van der Waals surface area contributed by atoms with Gasteiger partial charge < -0.3 is 15.0 Å². The first-order valence-electron chi connectivity index (χ1n) is 9.31. The molecular weight excluding hydrogens is 374 g/mol. The van der Waals surface area contributed by atoms with Gasteiger partial charge in [0.25, 0.3) is 5.91 Å². The number of hydrogen-bond acceptors (Lipinski definition) is 3. The Morgan fingerprint density at radius 3 is 2.89 bits per heavy atom. The van der Waals surface area contributed by atoms with Crippen molar-refractivity contribution < 1.29 is 9.53 Å². The number of aromatic amines is 1. The van der Waals surface area contributed by atoms with E-state index in [4.69, 9.17) is 21.6 Å². The van der Waals surface area contributed by atoms with Crippen molar-refractivity contribution in [2.24, 2.45) is 0 Å². The van der Waals surface area contributed by atoms with Crippen LogP contribution >= 0.6 is 11.6 Å². The molecule has 1 aromatic heterocycles. The van der Waals surface area contributed by atoms with Gasteiger partial charge >= 0.3 is 0 Å². The molecule has 0 spiro atoms. The number of carbonyl (C=O) groups excluding carboxylic acids is 1. The van der Waals surface area contributed by atoms with Gasteiger partial charge in [-0.2, -0.15) is 5.26 Å². The lowest BCUT2D eigenvalue weighted by atomic mass is 10.1. The van der Waals surface area contributed by atoms with Crippen LogP contribution in [0.2, 0.25) is 5.02 Å². The van der Waals surface area contributed by atoms with Gasteiger partial charge in [-0.3, -0.25) is 4.79 Å². The fraction of sp³-hybridized carbons (Fsp3) is 0.273. The van der Waals surface area contributed by atoms with E-state index in [1.807, 2.05) is 37.4 Å². The summed E-state index contributed by atoms with van der Waals surface area (Å²) in [5.74, 6) is 0.330. The van der Waals surface area contributed by atoms with E-state index in [1.54, 1.807) is 18.2 Å². The number of carbonyl (C=O) groups is 1. The average Bonchev–Trinajstić information content (AvgIpc) is 3.11. The smallest absolute Gasteiger partial charge is 0.261 e. The Hall–Kier alpha value is -2.97. The van der Waals surface area contributed by atoms with Crippen LogP contribution in [0.1, 0.15) is 30.9 Å². The summed E-state index contributed by atoms with van der Waals surface area (Å²) < 4.78 is 5.84. The van der Waals surface area contributed by atoms with Crippen molar-refractivity contribution in [3.05, 3.63) is 64.8 Å². The third kappa shape index (κ3) is 4.65. The fourth-order valence-corrected chi connectivity index (χ4v) is 3.32. The standard InChI is InChI=1S/C22H22ClN3O2/c1-2-5-21(28-17-9-8-15(13-24)19(23)12-17)22(27)25-11-10-16-14-26-20-7-4-3-6-18(16)20/h3-4,6-9,12,14,21,26H,2,5,10-11H2,1H3,(H,25,27). The lowest BCUT2D eigenvalue weighted by molar-refractivity contribution is -0.128. The van der Waals surface area contributed by atoms with Gasteiger partial charge in [0.2, 0.25) is 0 Å². The minimum absolute atomic E-state index is 0.151. The van der Waals surface area contributed by atoms with Crippen LogP contribution in [0, 0.1) is 11.3 Å². The van der Waals surface area contributed by atoms with Crippen LogP contribution in [0.5, 0.6) is 5.75 Å². The van der Waals surface area contributed by atoms with Crippen molar-refractivity contribution in [3.8, 4) is 11.8 Å². The molecular formula is C22H22ClN3O2. The predicted octanol–water partition coefficient (Wildman–Crippen LogP) is 4.60. The number of nitrogens with one attached hydrogen (secondary N) is 2. The first-order chi connectivity index (χ1) is 13.6. The summed E-state index contributed by atoms with van der Waals surface area (Å²) in [4.78, 5) is 15.9. The Bertz CT molecular complexity index is 1010. The zero-order chi connectivity index (χ0) is 19.9.